The summed E-state index contributed by atoms with van der Waals surface area (Å²) in [4.78, 5) is 25.5. The first-order chi connectivity index (χ1) is 13.8. The molecule has 0 bridgehead atoms. The minimum atomic E-state index is -4.69. The molecule has 0 aliphatic carbocycles. The van der Waals surface area contributed by atoms with Gasteiger partial charge in [-0.15, -0.1) is 0 Å². The fourth-order valence-electron chi connectivity index (χ4n) is 3.17. The van der Waals surface area contributed by atoms with Crippen LogP contribution < -0.4 is 5.32 Å². The summed E-state index contributed by atoms with van der Waals surface area (Å²) >= 11 is 6.13. The summed E-state index contributed by atoms with van der Waals surface area (Å²) in [5, 5.41) is 2.57. The van der Waals surface area contributed by atoms with Gasteiger partial charge in [-0.05, 0) is 51.8 Å². The monoisotopic (exact) mass is 450 g/mol. The highest BCUT2D eigenvalue weighted by Gasteiger charge is 2.37. The lowest BCUT2D eigenvalue weighted by atomic mass is 10.0. The van der Waals surface area contributed by atoms with Crippen LogP contribution >= 0.6 is 11.6 Å². The first-order valence-corrected chi connectivity index (χ1v) is 9.96. The van der Waals surface area contributed by atoms with Gasteiger partial charge >= 0.3 is 18.2 Å². The highest BCUT2D eigenvalue weighted by atomic mass is 35.5. The molecular weight excluding hydrogens is 425 g/mol. The van der Waals surface area contributed by atoms with Crippen LogP contribution in [0.4, 0.5) is 18.0 Å². The van der Waals surface area contributed by atoms with E-state index in [0.717, 1.165) is 6.07 Å². The van der Waals surface area contributed by atoms with Gasteiger partial charge in [-0.2, -0.15) is 13.2 Å². The van der Waals surface area contributed by atoms with Gasteiger partial charge in [0.2, 0.25) is 0 Å². The molecule has 1 N–H and O–H groups in total. The van der Waals surface area contributed by atoms with Gasteiger partial charge in [-0.25, -0.2) is 9.59 Å². The Bertz CT molecular complexity index is 793. The van der Waals surface area contributed by atoms with E-state index in [0.29, 0.717) is 19.5 Å². The molecule has 0 radical (unpaired) electrons. The van der Waals surface area contributed by atoms with Crippen molar-refractivity contribution in [2.45, 2.75) is 58.5 Å². The second-order valence-electron chi connectivity index (χ2n) is 8.07. The number of carbonyl (C=O) groups excluding carboxylic acids is 2. The number of alkyl halides is 3. The highest BCUT2D eigenvalue weighted by molar-refractivity contribution is 6.31. The van der Waals surface area contributed by atoms with E-state index in [4.69, 9.17) is 21.1 Å². The quantitative estimate of drug-likeness (QED) is 0.662. The second kappa shape index (κ2) is 9.43. The summed E-state index contributed by atoms with van der Waals surface area (Å²) in [5.41, 5.74) is -1.97. The molecule has 0 saturated carbocycles. The molecule has 1 aliphatic rings. The minimum Gasteiger partial charge on any atom is -0.462 e. The number of likely N-dealkylation sites (tertiary alicyclic amines) is 1. The van der Waals surface area contributed by atoms with Crippen LogP contribution in [-0.4, -0.2) is 48.3 Å². The van der Waals surface area contributed by atoms with Crippen LogP contribution in [-0.2, 0) is 22.2 Å². The van der Waals surface area contributed by atoms with Crippen molar-refractivity contribution in [2.75, 3.05) is 19.7 Å². The van der Waals surface area contributed by atoms with Gasteiger partial charge in [0.15, 0.2) is 0 Å². The summed E-state index contributed by atoms with van der Waals surface area (Å²) in [6, 6.07) is 1.72. The SMILES string of the molecule is CCOC(=O)c1cc(Cl)c(CN2CCC(NC(=O)OC(C)(C)C)C2)c(C(F)(F)F)c1. The lowest BCUT2D eigenvalue weighted by molar-refractivity contribution is -0.138. The van der Waals surface area contributed by atoms with Gasteiger partial charge in [0.05, 0.1) is 17.7 Å². The summed E-state index contributed by atoms with van der Waals surface area (Å²) < 4.78 is 50.9. The van der Waals surface area contributed by atoms with Crippen molar-refractivity contribution in [3.63, 3.8) is 0 Å². The third-order valence-corrected chi connectivity index (χ3v) is 4.72. The molecule has 6 nitrogen and oxygen atoms in total. The molecule has 1 heterocycles. The van der Waals surface area contributed by atoms with Gasteiger partial charge < -0.3 is 14.8 Å². The van der Waals surface area contributed by atoms with Crippen LogP contribution in [0, 0.1) is 0 Å². The number of esters is 1. The maximum absolute atomic E-state index is 13.6. The number of rotatable bonds is 5. The Hall–Kier alpha value is -2.00. The van der Waals surface area contributed by atoms with E-state index in [1.54, 1.807) is 32.6 Å². The number of nitrogens with one attached hydrogen (secondary N) is 1. The molecule has 2 rings (SSSR count). The number of benzene rings is 1. The Labute approximate surface area is 178 Å². The molecule has 1 aromatic rings. The van der Waals surface area contributed by atoms with Crippen molar-refractivity contribution < 1.29 is 32.2 Å². The van der Waals surface area contributed by atoms with Crippen LogP contribution in [0.15, 0.2) is 12.1 Å². The lowest BCUT2D eigenvalue weighted by Crippen LogP contribution is -2.40. The largest absolute Gasteiger partial charge is 0.462 e. The normalized spacial score (nSPS) is 17.7. The van der Waals surface area contributed by atoms with E-state index in [9.17, 15) is 22.8 Å². The Morgan fingerprint density at radius 1 is 1.27 bits per heavy atom. The fraction of sp³-hybridized carbons (Fsp3) is 0.600. The number of alkyl carbamates (subject to hydrolysis) is 1. The number of nitrogens with zero attached hydrogens (tertiary/aromatic N) is 1. The molecule has 0 aromatic heterocycles. The van der Waals surface area contributed by atoms with Crippen molar-refractivity contribution in [3.05, 3.63) is 33.8 Å². The van der Waals surface area contributed by atoms with E-state index in [2.05, 4.69) is 5.32 Å². The fourth-order valence-corrected chi connectivity index (χ4v) is 3.45. The van der Waals surface area contributed by atoms with Crippen LogP contribution in [0.5, 0.6) is 0 Å². The summed E-state index contributed by atoms with van der Waals surface area (Å²) in [5.74, 6) is -0.862. The van der Waals surface area contributed by atoms with Crippen LogP contribution in [0.2, 0.25) is 5.02 Å². The molecular formula is C20H26ClF3N2O4. The standard InChI is InChI=1S/C20H26ClF3N2O4/c1-5-29-17(27)12-8-15(20(22,23)24)14(16(21)9-12)11-26-7-6-13(10-26)25-18(28)30-19(2,3)4/h8-9,13H,5-7,10-11H2,1-4H3,(H,25,28). The van der Waals surface area contributed by atoms with E-state index in [1.165, 1.54) is 6.07 Å². The van der Waals surface area contributed by atoms with Crippen LogP contribution in [0.3, 0.4) is 0 Å². The number of hydrogen-bond donors (Lipinski definition) is 1. The third kappa shape index (κ3) is 6.77. The first-order valence-electron chi connectivity index (χ1n) is 9.58. The van der Waals surface area contributed by atoms with Crippen molar-refractivity contribution in [1.29, 1.82) is 0 Å². The van der Waals surface area contributed by atoms with Crippen LogP contribution in [0.1, 0.15) is 55.6 Å². The van der Waals surface area contributed by atoms with Gasteiger partial charge in [0, 0.05) is 30.7 Å². The molecule has 1 unspecified atom stereocenters. The Kier molecular flexibility index (Phi) is 7.63. The maximum Gasteiger partial charge on any atom is 0.416 e. The van der Waals surface area contributed by atoms with Gasteiger partial charge in [-0.1, -0.05) is 11.6 Å². The predicted octanol–water partition coefficient (Wildman–Crippen LogP) is 4.63. The van der Waals surface area contributed by atoms with Crippen molar-refractivity contribution >= 4 is 23.7 Å². The molecule has 1 atom stereocenters. The predicted molar refractivity (Wildman–Crippen MR) is 105 cm³/mol. The molecule has 1 saturated heterocycles. The Morgan fingerprint density at radius 3 is 2.50 bits per heavy atom. The molecule has 1 amide bonds. The van der Waals surface area contributed by atoms with E-state index >= 15 is 0 Å². The summed E-state index contributed by atoms with van der Waals surface area (Å²) in [6.07, 6.45) is -4.68. The molecule has 1 aromatic carbocycles. The van der Waals surface area contributed by atoms with E-state index < -0.39 is 29.4 Å². The zero-order valence-electron chi connectivity index (χ0n) is 17.4. The molecule has 1 fully saturated rings. The third-order valence-electron chi connectivity index (χ3n) is 4.39. The van der Waals surface area contributed by atoms with Crippen molar-refractivity contribution in [3.8, 4) is 0 Å². The van der Waals surface area contributed by atoms with Crippen molar-refractivity contribution in [2.24, 2.45) is 0 Å². The average Bonchev–Trinajstić information content (AvgIpc) is 3.00. The van der Waals surface area contributed by atoms with Crippen LogP contribution in [0.25, 0.3) is 0 Å². The smallest absolute Gasteiger partial charge is 0.416 e. The molecule has 30 heavy (non-hydrogen) atoms. The highest BCUT2D eigenvalue weighted by Crippen LogP contribution is 2.37. The minimum absolute atomic E-state index is 0.0410. The number of amides is 1. The molecule has 0 spiro atoms. The topological polar surface area (TPSA) is 67.9 Å². The number of carbonyl (C=O) groups is 2. The first kappa shape index (κ1) is 24.3. The number of halogens is 4. The zero-order chi connectivity index (χ0) is 22.7. The average molecular weight is 451 g/mol. The number of ether oxygens (including phenoxy) is 2. The zero-order valence-corrected chi connectivity index (χ0v) is 18.1. The molecule has 1 aliphatic heterocycles. The Balaban J connectivity index is 2.14. The van der Waals surface area contributed by atoms with Crippen molar-refractivity contribution in [1.82, 2.24) is 10.2 Å². The second-order valence-corrected chi connectivity index (χ2v) is 8.48. The van der Waals surface area contributed by atoms with Gasteiger partial charge in [-0.3, -0.25) is 4.90 Å². The Morgan fingerprint density at radius 2 is 1.93 bits per heavy atom. The van der Waals surface area contributed by atoms with Gasteiger partial charge in [0.1, 0.15) is 5.60 Å². The summed E-state index contributed by atoms with van der Waals surface area (Å²) in [6.45, 7) is 7.60. The lowest BCUT2D eigenvalue weighted by Gasteiger charge is -2.23. The van der Waals surface area contributed by atoms with Gasteiger partial charge in [0.25, 0.3) is 0 Å². The number of hydrogen-bond acceptors (Lipinski definition) is 5. The van der Waals surface area contributed by atoms with E-state index in [1.807, 2.05) is 0 Å². The molecule has 168 valence electrons. The maximum atomic E-state index is 13.6. The molecule has 10 heteroatoms. The summed E-state index contributed by atoms with van der Waals surface area (Å²) in [7, 11) is 0. The van der Waals surface area contributed by atoms with E-state index in [-0.39, 0.29) is 35.3 Å².